The van der Waals surface area contributed by atoms with Crippen molar-refractivity contribution in [1.29, 1.82) is 0 Å². The minimum atomic E-state index is -0.327. The van der Waals surface area contributed by atoms with Crippen LogP contribution in [0.25, 0.3) is 5.57 Å². The molecule has 0 bridgehead atoms. The van der Waals surface area contributed by atoms with E-state index in [4.69, 9.17) is 9.47 Å². The molecule has 20 heavy (non-hydrogen) atoms. The second-order valence-corrected chi connectivity index (χ2v) is 5.37. The molecule has 0 radical (unpaired) electrons. The summed E-state index contributed by atoms with van der Waals surface area (Å²) < 4.78 is 11.3. The predicted molar refractivity (Wildman–Crippen MR) is 82.4 cm³/mol. The van der Waals surface area contributed by atoms with Crippen LogP contribution in [0.1, 0.15) is 12.0 Å². The van der Waals surface area contributed by atoms with E-state index >= 15 is 0 Å². The molecule has 1 aliphatic rings. The Morgan fingerprint density at radius 3 is 2.40 bits per heavy atom. The number of benzene rings is 1. The van der Waals surface area contributed by atoms with E-state index in [0.717, 1.165) is 18.7 Å². The van der Waals surface area contributed by atoms with Gasteiger partial charge in [-0.25, -0.2) is 0 Å². The van der Waals surface area contributed by atoms with Crippen molar-refractivity contribution < 1.29 is 9.47 Å². The highest BCUT2D eigenvalue weighted by molar-refractivity contribution is 5.76. The van der Waals surface area contributed by atoms with E-state index in [1.54, 1.807) is 14.2 Å². The average Bonchev–Trinajstić information content (AvgIpc) is 2.48. The Bertz CT molecular complexity index is 505. The number of allylic oxidation sites excluding steroid dienone is 1. The van der Waals surface area contributed by atoms with E-state index in [1.807, 2.05) is 6.07 Å². The summed E-state index contributed by atoms with van der Waals surface area (Å²) in [6.07, 6.45) is 5.00. The zero-order chi connectivity index (χ0) is 14.6. The van der Waals surface area contributed by atoms with Gasteiger partial charge < -0.3 is 14.4 Å². The van der Waals surface area contributed by atoms with E-state index < -0.39 is 0 Å². The zero-order valence-corrected chi connectivity index (χ0v) is 12.7. The molecule has 1 aromatic rings. The topological polar surface area (TPSA) is 21.7 Å². The third-order valence-electron chi connectivity index (χ3n) is 3.69. The van der Waals surface area contributed by atoms with Crippen LogP contribution in [0.3, 0.4) is 0 Å². The number of nitrogens with zero attached hydrogens (tertiary/aromatic N) is 1. The number of hydrogen-bond acceptors (Lipinski definition) is 3. The summed E-state index contributed by atoms with van der Waals surface area (Å²) >= 11 is 0. The van der Waals surface area contributed by atoms with E-state index in [0.29, 0.717) is 0 Å². The number of methoxy groups -OCH3 is 2. The third-order valence-corrected chi connectivity index (χ3v) is 3.69. The van der Waals surface area contributed by atoms with Gasteiger partial charge in [-0.2, -0.15) is 0 Å². The van der Waals surface area contributed by atoms with E-state index in [1.165, 1.54) is 11.1 Å². The maximum absolute atomic E-state index is 5.94. The summed E-state index contributed by atoms with van der Waals surface area (Å²) in [6.45, 7) is 0.831. The molecule has 0 N–H and O–H groups in total. The molecule has 0 fully saturated rings. The van der Waals surface area contributed by atoms with Crippen LogP contribution in [0.4, 0.5) is 0 Å². The highest BCUT2D eigenvalue weighted by Crippen LogP contribution is 2.38. The van der Waals surface area contributed by atoms with Gasteiger partial charge in [0.15, 0.2) is 0 Å². The van der Waals surface area contributed by atoms with Gasteiger partial charge in [0.1, 0.15) is 11.4 Å². The summed E-state index contributed by atoms with van der Waals surface area (Å²) in [6, 6.07) is 10.4. The van der Waals surface area contributed by atoms with Crippen LogP contribution in [-0.4, -0.2) is 45.4 Å². The minimum Gasteiger partial charge on any atom is -0.497 e. The highest BCUT2D eigenvalue weighted by Gasteiger charge is 2.37. The van der Waals surface area contributed by atoms with Crippen LogP contribution in [0.5, 0.6) is 0 Å². The molecule has 0 amide bonds. The molecule has 3 heteroatoms. The molecule has 0 saturated carbocycles. The quantitative estimate of drug-likeness (QED) is 0.823. The molecule has 1 atom stereocenters. The maximum atomic E-state index is 5.94. The Kier molecular flexibility index (Phi) is 4.63. The van der Waals surface area contributed by atoms with Gasteiger partial charge in [-0.15, -0.1) is 0 Å². The first-order valence-corrected chi connectivity index (χ1v) is 6.83. The third kappa shape index (κ3) is 2.94. The van der Waals surface area contributed by atoms with Crippen molar-refractivity contribution >= 4 is 5.57 Å². The lowest BCUT2D eigenvalue weighted by atomic mass is 9.81. The monoisotopic (exact) mass is 273 g/mol. The molecule has 3 nitrogen and oxygen atoms in total. The van der Waals surface area contributed by atoms with Crippen molar-refractivity contribution in [2.45, 2.75) is 12.0 Å². The van der Waals surface area contributed by atoms with Crippen molar-refractivity contribution in [1.82, 2.24) is 4.90 Å². The normalized spacial score (nSPS) is 22.4. The lowest BCUT2D eigenvalue weighted by Crippen LogP contribution is -2.43. The van der Waals surface area contributed by atoms with Crippen LogP contribution in [-0.2, 0) is 9.47 Å². The molecule has 1 unspecified atom stereocenters. The number of ether oxygens (including phenoxy) is 2. The first-order valence-electron chi connectivity index (χ1n) is 6.83. The van der Waals surface area contributed by atoms with Crippen molar-refractivity contribution in [3.63, 3.8) is 0 Å². The highest BCUT2D eigenvalue weighted by atomic mass is 16.5. The Morgan fingerprint density at radius 1 is 1.15 bits per heavy atom. The largest absolute Gasteiger partial charge is 0.497 e. The van der Waals surface area contributed by atoms with Crippen LogP contribution < -0.4 is 0 Å². The molecule has 1 aromatic carbocycles. The lowest BCUT2D eigenvalue weighted by Gasteiger charge is -2.38. The Morgan fingerprint density at radius 2 is 1.85 bits per heavy atom. The molecule has 0 heterocycles. The molecular weight excluding hydrogens is 250 g/mol. The van der Waals surface area contributed by atoms with Crippen LogP contribution >= 0.6 is 0 Å². The second kappa shape index (κ2) is 6.25. The Balaban J connectivity index is 2.47. The van der Waals surface area contributed by atoms with E-state index in [9.17, 15) is 0 Å². The molecular formula is C17H23NO2. The van der Waals surface area contributed by atoms with Gasteiger partial charge in [-0.3, -0.25) is 0 Å². The fourth-order valence-electron chi connectivity index (χ4n) is 2.73. The van der Waals surface area contributed by atoms with Crippen molar-refractivity contribution in [2.75, 3.05) is 34.9 Å². The fraction of sp³-hybridized carbons (Fsp3) is 0.412. The van der Waals surface area contributed by atoms with Crippen LogP contribution in [0, 0.1) is 0 Å². The smallest absolute Gasteiger partial charge is 0.115 e. The minimum absolute atomic E-state index is 0.327. The standard InChI is InChI=1S/C17H23NO2/c1-18(2)13-17(20-4)11-10-15(19-3)12-16(17)14-8-6-5-7-9-14/h5-10,12H,11,13H2,1-4H3. The second-order valence-electron chi connectivity index (χ2n) is 5.37. The summed E-state index contributed by atoms with van der Waals surface area (Å²) in [7, 11) is 7.63. The van der Waals surface area contributed by atoms with E-state index in [-0.39, 0.29) is 5.60 Å². The van der Waals surface area contributed by atoms with Gasteiger partial charge in [0.2, 0.25) is 0 Å². The average molecular weight is 273 g/mol. The number of hydrogen-bond donors (Lipinski definition) is 0. The molecule has 1 aliphatic carbocycles. The van der Waals surface area contributed by atoms with Gasteiger partial charge in [0, 0.05) is 20.1 Å². The van der Waals surface area contributed by atoms with Crippen molar-refractivity contribution in [3.05, 3.63) is 53.8 Å². The first kappa shape index (κ1) is 14.8. The Hall–Kier alpha value is -1.58. The molecule has 108 valence electrons. The first-order chi connectivity index (χ1) is 9.61. The van der Waals surface area contributed by atoms with Crippen LogP contribution in [0.2, 0.25) is 0 Å². The molecule has 0 aliphatic heterocycles. The van der Waals surface area contributed by atoms with Gasteiger partial charge in [0.25, 0.3) is 0 Å². The van der Waals surface area contributed by atoms with Gasteiger partial charge in [-0.1, -0.05) is 30.3 Å². The lowest BCUT2D eigenvalue weighted by molar-refractivity contribution is 0.0207. The molecule has 0 saturated heterocycles. The maximum Gasteiger partial charge on any atom is 0.115 e. The zero-order valence-electron chi connectivity index (χ0n) is 12.7. The summed E-state index contributed by atoms with van der Waals surface area (Å²) in [5.41, 5.74) is 2.03. The van der Waals surface area contributed by atoms with E-state index in [2.05, 4.69) is 55.4 Å². The van der Waals surface area contributed by atoms with Gasteiger partial charge in [-0.05, 0) is 37.4 Å². The van der Waals surface area contributed by atoms with Gasteiger partial charge >= 0.3 is 0 Å². The molecule has 0 spiro atoms. The fourth-order valence-corrected chi connectivity index (χ4v) is 2.73. The van der Waals surface area contributed by atoms with Crippen molar-refractivity contribution in [2.24, 2.45) is 0 Å². The predicted octanol–water partition coefficient (Wildman–Crippen LogP) is 2.95. The van der Waals surface area contributed by atoms with Crippen molar-refractivity contribution in [3.8, 4) is 0 Å². The SMILES string of the molecule is COC1=CCC(CN(C)C)(OC)C(c2ccccc2)=C1. The summed E-state index contributed by atoms with van der Waals surface area (Å²) in [5, 5.41) is 0. The molecule has 0 aromatic heterocycles. The van der Waals surface area contributed by atoms with Gasteiger partial charge in [0.05, 0.1) is 7.11 Å². The Labute approximate surface area is 121 Å². The number of rotatable bonds is 5. The molecule has 2 rings (SSSR count). The van der Waals surface area contributed by atoms with Crippen LogP contribution in [0.15, 0.2) is 48.2 Å². The summed E-state index contributed by atoms with van der Waals surface area (Å²) in [4.78, 5) is 2.16. The number of likely N-dealkylation sites (N-methyl/N-ethyl adjacent to an activating group) is 1. The summed E-state index contributed by atoms with van der Waals surface area (Å²) in [5.74, 6) is 0.898.